The van der Waals surface area contributed by atoms with Gasteiger partial charge in [-0.25, -0.2) is 0 Å². The Hall–Kier alpha value is -1.55. The van der Waals surface area contributed by atoms with Crippen molar-refractivity contribution in [1.82, 2.24) is 10.8 Å². The van der Waals surface area contributed by atoms with Crippen molar-refractivity contribution in [3.05, 3.63) is 36.1 Å². The molecule has 0 spiro atoms. The molecule has 1 saturated heterocycles. The van der Waals surface area contributed by atoms with E-state index in [0.29, 0.717) is 6.04 Å². The molecular weight excluding hydrogens is 264 g/mol. The minimum Gasteiger partial charge on any atom is -0.351 e. The monoisotopic (exact) mass is 290 g/mol. The first-order chi connectivity index (χ1) is 10.2. The summed E-state index contributed by atoms with van der Waals surface area (Å²) in [6.45, 7) is 7.71. The quantitative estimate of drug-likeness (QED) is 0.840. The van der Waals surface area contributed by atoms with Gasteiger partial charge in [0.15, 0.2) is 6.10 Å². The van der Waals surface area contributed by atoms with Crippen LogP contribution in [0.1, 0.15) is 46.0 Å². The van der Waals surface area contributed by atoms with Crippen LogP contribution in [0.3, 0.4) is 0 Å². The zero-order valence-electron chi connectivity index (χ0n) is 13.0. The van der Waals surface area contributed by atoms with Crippen LogP contribution in [0.25, 0.3) is 0 Å². The van der Waals surface area contributed by atoms with Crippen molar-refractivity contribution in [2.24, 2.45) is 5.92 Å². The zero-order chi connectivity index (χ0) is 15.2. The van der Waals surface area contributed by atoms with E-state index in [2.05, 4.69) is 17.4 Å². The van der Waals surface area contributed by atoms with Crippen LogP contribution in [0, 0.1) is 5.92 Å². The maximum Gasteiger partial charge on any atom is 0.252 e. The van der Waals surface area contributed by atoms with E-state index in [1.54, 1.807) is 6.08 Å². The molecule has 0 radical (unpaired) electrons. The molecule has 1 heterocycles. The molecule has 1 aliphatic heterocycles. The molecule has 2 N–H and O–H groups in total. The van der Waals surface area contributed by atoms with E-state index in [-0.39, 0.29) is 11.8 Å². The normalized spacial score (nSPS) is 31.0. The zero-order valence-corrected chi connectivity index (χ0v) is 13.0. The molecule has 0 bridgehead atoms. The summed E-state index contributed by atoms with van der Waals surface area (Å²) >= 11 is 0. The third kappa shape index (κ3) is 3.76. The number of hydrogen-bond donors (Lipinski definition) is 2. The Labute approximate surface area is 127 Å². The fourth-order valence-electron chi connectivity index (χ4n) is 3.10. The fourth-order valence-corrected chi connectivity index (χ4v) is 3.10. The van der Waals surface area contributed by atoms with Crippen LogP contribution in [-0.2, 0) is 9.63 Å². The second-order valence-corrected chi connectivity index (χ2v) is 5.83. The maximum absolute atomic E-state index is 12.5. The van der Waals surface area contributed by atoms with E-state index < -0.39 is 6.10 Å². The van der Waals surface area contributed by atoms with Crippen molar-refractivity contribution in [3.8, 4) is 0 Å². The molecule has 0 aromatic rings. The molecule has 2 aliphatic rings. The third-order valence-electron chi connectivity index (χ3n) is 4.35. The van der Waals surface area contributed by atoms with E-state index in [1.165, 1.54) is 19.3 Å². The second kappa shape index (κ2) is 7.46. The SMILES string of the molecule is C=C/C=C1\C(=C\C)NOC(C(=O)NC2CCCCC2)C1C. The number of allylic oxidation sites excluding steroid dienone is 4. The molecule has 0 aromatic carbocycles. The summed E-state index contributed by atoms with van der Waals surface area (Å²) in [5.74, 6) is -0.0222. The lowest BCUT2D eigenvalue weighted by atomic mass is 9.89. The Morgan fingerprint density at radius 2 is 2.10 bits per heavy atom. The van der Waals surface area contributed by atoms with Gasteiger partial charge in [-0.15, -0.1) is 0 Å². The van der Waals surface area contributed by atoms with Gasteiger partial charge in [-0.1, -0.05) is 51.0 Å². The molecule has 4 nitrogen and oxygen atoms in total. The van der Waals surface area contributed by atoms with Gasteiger partial charge in [0.05, 0.1) is 5.70 Å². The predicted octanol–water partition coefficient (Wildman–Crippen LogP) is 2.99. The summed E-state index contributed by atoms with van der Waals surface area (Å²) in [6, 6.07) is 0.303. The van der Waals surface area contributed by atoms with E-state index in [9.17, 15) is 4.79 Å². The van der Waals surface area contributed by atoms with Gasteiger partial charge in [-0.2, -0.15) is 0 Å². The molecule has 4 heteroatoms. The first-order valence-electron chi connectivity index (χ1n) is 7.88. The summed E-state index contributed by atoms with van der Waals surface area (Å²) in [5, 5.41) is 3.14. The van der Waals surface area contributed by atoms with E-state index in [4.69, 9.17) is 4.84 Å². The number of carbonyl (C=O) groups is 1. The maximum atomic E-state index is 12.5. The van der Waals surface area contributed by atoms with Crippen molar-refractivity contribution in [3.63, 3.8) is 0 Å². The Morgan fingerprint density at radius 3 is 2.71 bits per heavy atom. The highest BCUT2D eigenvalue weighted by molar-refractivity contribution is 5.82. The number of hydrogen-bond acceptors (Lipinski definition) is 3. The van der Waals surface area contributed by atoms with Crippen LogP contribution >= 0.6 is 0 Å². The van der Waals surface area contributed by atoms with Crippen molar-refractivity contribution in [1.29, 1.82) is 0 Å². The molecule has 0 aromatic heterocycles. The van der Waals surface area contributed by atoms with Crippen LogP contribution < -0.4 is 10.8 Å². The summed E-state index contributed by atoms with van der Waals surface area (Å²) in [6.07, 6.45) is 11.0. The molecule has 2 rings (SSSR count). The average Bonchev–Trinajstić information content (AvgIpc) is 2.50. The Morgan fingerprint density at radius 1 is 1.38 bits per heavy atom. The summed E-state index contributed by atoms with van der Waals surface area (Å²) < 4.78 is 0. The van der Waals surface area contributed by atoms with Gasteiger partial charge in [0, 0.05) is 12.0 Å². The first kappa shape index (κ1) is 15.8. The van der Waals surface area contributed by atoms with E-state index in [0.717, 1.165) is 24.1 Å². The standard InChI is InChI=1S/C17H26N2O2/c1-4-9-14-12(3)16(21-19-15(14)5-2)17(20)18-13-10-7-6-8-11-13/h4-5,9,12-13,16,19H,1,6-8,10-11H2,2-3H3,(H,18,20)/b14-9-,15-5-. The predicted molar refractivity (Wildman–Crippen MR) is 84.2 cm³/mol. The van der Waals surface area contributed by atoms with Crippen LogP contribution in [-0.4, -0.2) is 18.1 Å². The molecule has 116 valence electrons. The van der Waals surface area contributed by atoms with Crippen LogP contribution in [0.15, 0.2) is 36.1 Å². The Bertz CT molecular complexity index is 448. The molecule has 2 atom stereocenters. The lowest BCUT2D eigenvalue weighted by Crippen LogP contribution is -2.50. The number of hydroxylamine groups is 1. The van der Waals surface area contributed by atoms with Gasteiger partial charge in [0.2, 0.25) is 0 Å². The van der Waals surface area contributed by atoms with Gasteiger partial charge in [0.25, 0.3) is 5.91 Å². The van der Waals surface area contributed by atoms with Crippen molar-refractivity contribution in [2.45, 2.75) is 58.1 Å². The summed E-state index contributed by atoms with van der Waals surface area (Å²) in [4.78, 5) is 18.0. The highest BCUT2D eigenvalue weighted by Crippen LogP contribution is 2.28. The fraction of sp³-hybridized carbons (Fsp3) is 0.588. The lowest BCUT2D eigenvalue weighted by Gasteiger charge is -2.34. The van der Waals surface area contributed by atoms with Crippen LogP contribution in [0.2, 0.25) is 0 Å². The van der Waals surface area contributed by atoms with Crippen molar-refractivity contribution >= 4 is 5.91 Å². The number of rotatable bonds is 3. The minimum absolute atomic E-state index is 0.000888. The average molecular weight is 290 g/mol. The molecule has 2 fully saturated rings. The van der Waals surface area contributed by atoms with Crippen LogP contribution in [0.5, 0.6) is 0 Å². The van der Waals surface area contributed by atoms with E-state index >= 15 is 0 Å². The topological polar surface area (TPSA) is 50.4 Å². The highest BCUT2D eigenvalue weighted by Gasteiger charge is 2.35. The minimum atomic E-state index is -0.498. The first-order valence-corrected chi connectivity index (χ1v) is 7.88. The van der Waals surface area contributed by atoms with Crippen LogP contribution in [0.4, 0.5) is 0 Å². The van der Waals surface area contributed by atoms with Gasteiger partial charge < -0.3 is 5.32 Å². The largest absolute Gasteiger partial charge is 0.351 e. The molecule has 2 unspecified atom stereocenters. The molecule has 1 amide bonds. The Kier molecular flexibility index (Phi) is 5.62. The summed E-state index contributed by atoms with van der Waals surface area (Å²) in [7, 11) is 0. The van der Waals surface area contributed by atoms with Crippen molar-refractivity contribution in [2.75, 3.05) is 0 Å². The number of carbonyl (C=O) groups excluding carboxylic acids is 1. The lowest BCUT2D eigenvalue weighted by molar-refractivity contribution is -0.143. The van der Waals surface area contributed by atoms with Gasteiger partial charge in [0.1, 0.15) is 0 Å². The number of amides is 1. The van der Waals surface area contributed by atoms with Crippen molar-refractivity contribution < 1.29 is 9.63 Å². The van der Waals surface area contributed by atoms with Gasteiger partial charge in [-0.05, 0) is 25.3 Å². The Balaban J connectivity index is 2.03. The third-order valence-corrected chi connectivity index (χ3v) is 4.35. The molecule has 1 aliphatic carbocycles. The molecule has 21 heavy (non-hydrogen) atoms. The summed E-state index contributed by atoms with van der Waals surface area (Å²) in [5.41, 5.74) is 4.85. The van der Waals surface area contributed by atoms with Gasteiger partial charge >= 0.3 is 0 Å². The molecule has 1 saturated carbocycles. The molecular formula is C17H26N2O2. The van der Waals surface area contributed by atoms with Gasteiger partial charge in [-0.3, -0.25) is 15.1 Å². The van der Waals surface area contributed by atoms with E-state index in [1.807, 2.05) is 26.0 Å². The highest BCUT2D eigenvalue weighted by atomic mass is 16.7. The second-order valence-electron chi connectivity index (χ2n) is 5.83. The smallest absolute Gasteiger partial charge is 0.252 e. The number of nitrogens with one attached hydrogen (secondary N) is 2.